The monoisotopic (exact) mass is 453 g/mol. The summed E-state index contributed by atoms with van der Waals surface area (Å²) in [6.45, 7) is 4.43. The minimum absolute atomic E-state index is 0.117. The molecule has 1 aliphatic rings. The normalized spacial score (nSPS) is 13.5. The lowest BCUT2D eigenvalue weighted by atomic mass is 9.97. The fourth-order valence-corrected chi connectivity index (χ4v) is 6.12. The Balaban J connectivity index is 1.39. The third-order valence-electron chi connectivity index (χ3n) is 5.39. The molecule has 0 aliphatic heterocycles. The van der Waals surface area contributed by atoms with Crippen LogP contribution in [0.25, 0.3) is 15.9 Å². The molecule has 0 spiro atoms. The molecule has 0 fully saturated rings. The number of nitrogens with one attached hydrogen (secondary N) is 1. The van der Waals surface area contributed by atoms with E-state index in [1.165, 1.54) is 35.0 Å². The molecule has 31 heavy (non-hydrogen) atoms. The number of rotatable bonds is 6. The number of aromatic nitrogens is 4. The van der Waals surface area contributed by atoms with E-state index in [0.29, 0.717) is 23.2 Å². The SMILES string of the molecule is CCOc1ccccc1NC(=O)CSc1nnc2c3c4c(sc3nc(C)n12)CCCC4. The molecule has 0 saturated heterocycles. The molecule has 9 heteroatoms. The molecule has 0 unspecified atom stereocenters. The van der Waals surface area contributed by atoms with Crippen molar-refractivity contribution in [3.05, 3.63) is 40.5 Å². The maximum Gasteiger partial charge on any atom is 0.234 e. The zero-order chi connectivity index (χ0) is 21.4. The van der Waals surface area contributed by atoms with E-state index >= 15 is 0 Å². The smallest absolute Gasteiger partial charge is 0.234 e. The molecule has 3 aromatic heterocycles. The number of ether oxygens (including phenoxy) is 1. The van der Waals surface area contributed by atoms with E-state index in [-0.39, 0.29) is 11.7 Å². The van der Waals surface area contributed by atoms with Crippen LogP contribution in [0.15, 0.2) is 29.4 Å². The summed E-state index contributed by atoms with van der Waals surface area (Å²) in [6.07, 6.45) is 4.65. The Kier molecular flexibility index (Phi) is 5.54. The molecule has 0 atom stereocenters. The van der Waals surface area contributed by atoms with E-state index < -0.39 is 0 Å². The van der Waals surface area contributed by atoms with Crippen LogP contribution in [0.3, 0.4) is 0 Å². The molecule has 0 saturated carbocycles. The van der Waals surface area contributed by atoms with E-state index in [1.807, 2.05) is 42.5 Å². The molecule has 3 heterocycles. The van der Waals surface area contributed by atoms with E-state index in [2.05, 4.69) is 15.5 Å². The molecule has 4 aromatic rings. The lowest BCUT2D eigenvalue weighted by Crippen LogP contribution is -2.15. The van der Waals surface area contributed by atoms with Crippen LogP contribution in [0.1, 0.15) is 36.0 Å². The first-order valence-electron chi connectivity index (χ1n) is 10.5. The number of thioether (sulfide) groups is 1. The van der Waals surface area contributed by atoms with Crippen molar-refractivity contribution >= 4 is 50.6 Å². The van der Waals surface area contributed by atoms with Crippen LogP contribution in [0.4, 0.5) is 5.69 Å². The maximum atomic E-state index is 12.6. The summed E-state index contributed by atoms with van der Waals surface area (Å²) >= 11 is 3.15. The standard InChI is InChI=1S/C22H23N5O2S2/c1-3-29-16-10-6-5-9-15(16)24-18(28)12-30-22-26-25-20-19-14-8-4-7-11-17(14)31-21(19)23-13(2)27(20)22/h5-6,9-10H,3-4,7-8,11-12H2,1-2H3,(H,24,28). The van der Waals surface area contributed by atoms with Gasteiger partial charge in [0.25, 0.3) is 0 Å². The number of carbonyl (C=O) groups excluding carboxylic acids is 1. The maximum absolute atomic E-state index is 12.6. The molecule has 0 radical (unpaired) electrons. The van der Waals surface area contributed by atoms with Gasteiger partial charge >= 0.3 is 0 Å². The van der Waals surface area contributed by atoms with Crippen LogP contribution in [0.5, 0.6) is 5.75 Å². The van der Waals surface area contributed by atoms with Crippen LogP contribution in [0.2, 0.25) is 0 Å². The van der Waals surface area contributed by atoms with Crippen LogP contribution < -0.4 is 10.1 Å². The third kappa shape index (κ3) is 3.76. The number of hydrogen-bond acceptors (Lipinski definition) is 7. The van der Waals surface area contributed by atoms with Crippen LogP contribution in [0, 0.1) is 6.92 Å². The lowest BCUT2D eigenvalue weighted by Gasteiger charge is -2.11. The Morgan fingerprint density at radius 2 is 2.10 bits per heavy atom. The first kappa shape index (κ1) is 20.3. The van der Waals surface area contributed by atoms with Crippen LogP contribution in [-0.4, -0.2) is 37.8 Å². The van der Waals surface area contributed by atoms with Gasteiger partial charge in [0.15, 0.2) is 10.8 Å². The number of nitrogens with zero attached hydrogens (tertiary/aromatic N) is 4. The first-order chi connectivity index (χ1) is 15.2. The molecule has 1 aliphatic carbocycles. The van der Waals surface area contributed by atoms with Gasteiger partial charge in [-0.15, -0.1) is 21.5 Å². The highest BCUT2D eigenvalue weighted by molar-refractivity contribution is 7.99. The largest absolute Gasteiger partial charge is 0.492 e. The molecule has 160 valence electrons. The average Bonchev–Trinajstić information content (AvgIpc) is 3.35. The minimum atomic E-state index is -0.117. The molecule has 5 rings (SSSR count). The Labute approximate surface area is 188 Å². The molecule has 7 nitrogen and oxygen atoms in total. The van der Waals surface area contributed by atoms with Crippen molar-refractivity contribution < 1.29 is 9.53 Å². The summed E-state index contributed by atoms with van der Waals surface area (Å²) in [5.74, 6) is 1.62. The number of amides is 1. The first-order valence-corrected chi connectivity index (χ1v) is 12.3. The Morgan fingerprint density at radius 1 is 1.26 bits per heavy atom. The van der Waals surface area contributed by atoms with Gasteiger partial charge < -0.3 is 10.1 Å². The number of hydrogen-bond donors (Lipinski definition) is 1. The Morgan fingerprint density at radius 3 is 2.97 bits per heavy atom. The molecule has 1 amide bonds. The molecule has 0 bridgehead atoms. The molecular formula is C22H23N5O2S2. The summed E-state index contributed by atoms with van der Waals surface area (Å²) in [5.41, 5.74) is 2.91. The number of thiophene rings is 1. The van der Waals surface area contributed by atoms with Crippen molar-refractivity contribution in [3.63, 3.8) is 0 Å². The zero-order valence-corrected chi connectivity index (χ0v) is 19.1. The van der Waals surface area contributed by atoms with E-state index in [9.17, 15) is 4.79 Å². The van der Waals surface area contributed by atoms with Crippen LogP contribution in [-0.2, 0) is 17.6 Å². The van der Waals surface area contributed by atoms with Gasteiger partial charge in [-0.25, -0.2) is 4.98 Å². The van der Waals surface area contributed by atoms with Gasteiger partial charge in [0.05, 0.1) is 23.4 Å². The van der Waals surface area contributed by atoms with Crippen molar-refractivity contribution in [1.82, 2.24) is 19.6 Å². The number of benzene rings is 1. The second kappa shape index (κ2) is 8.47. The second-order valence-corrected chi connectivity index (χ2v) is 9.48. The van der Waals surface area contributed by atoms with Crippen LogP contribution >= 0.6 is 23.1 Å². The second-order valence-electron chi connectivity index (χ2n) is 7.46. The predicted octanol–water partition coefficient (Wildman–Crippen LogP) is 4.66. The van der Waals surface area contributed by atoms with Gasteiger partial charge in [-0.1, -0.05) is 23.9 Å². The number of anilines is 1. The number of fused-ring (bicyclic) bond motifs is 5. The Hall–Kier alpha value is -2.65. The minimum Gasteiger partial charge on any atom is -0.492 e. The summed E-state index contributed by atoms with van der Waals surface area (Å²) in [7, 11) is 0. The fraction of sp³-hybridized carbons (Fsp3) is 0.364. The third-order valence-corrected chi connectivity index (χ3v) is 7.50. The topological polar surface area (TPSA) is 81.4 Å². The van der Waals surface area contributed by atoms with Gasteiger partial charge in [0.2, 0.25) is 5.91 Å². The van der Waals surface area contributed by atoms with Gasteiger partial charge in [-0.2, -0.15) is 0 Å². The summed E-state index contributed by atoms with van der Waals surface area (Å²) in [6, 6.07) is 7.45. The van der Waals surface area contributed by atoms with Gasteiger partial charge in [0, 0.05) is 4.88 Å². The van der Waals surface area contributed by atoms with E-state index in [1.54, 1.807) is 11.3 Å². The number of para-hydroxylation sites is 2. The van der Waals surface area contributed by atoms with Crippen molar-refractivity contribution in [2.24, 2.45) is 0 Å². The van der Waals surface area contributed by atoms with E-state index in [0.717, 1.165) is 34.5 Å². The average molecular weight is 454 g/mol. The van der Waals surface area contributed by atoms with Crippen molar-refractivity contribution in [3.8, 4) is 5.75 Å². The fourth-order valence-electron chi connectivity index (χ4n) is 4.04. The number of aryl methyl sites for hydroxylation is 3. The zero-order valence-electron chi connectivity index (χ0n) is 17.5. The summed E-state index contributed by atoms with van der Waals surface area (Å²) in [5, 5.41) is 13.6. The quantitative estimate of drug-likeness (QED) is 0.428. The summed E-state index contributed by atoms with van der Waals surface area (Å²) < 4.78 is 7.57. The van der Waals surface area contributed by atoms with Crippen molar-refractivity contribution in [1.29, 1.82) is 0 Å². The van der Waals surface area contributed by atoms with Gasteiger partial charge in [-0.3, -0.25) is 9.20 Å². The summed E-state index contributed by atoms with van der Waals surface area (Å²) in [4.78, 5) is 19.9. The number of carbonyl (C=O) groups is 1. The van der Waals surface area contributed by atoms with Crippen molar-refractivity contribution in [2.75, 3.05) is 17.7 Å². The highest BCUT2D eigenvalue weighted by Gasteiger charge is 2.23. The predicted molar refractivity (Wildman–Crippen MR) is 125 cm³/mol. The van der Waals surface area contributed by atoms with Crippen molar-refractivity contribution in [2.45, 2.75) is 44.7 Å². The van der Waals surface area contributed by atoms with E-state index in [4.69, 9.17) is 9.72 Å². The Bertz CT molecular complexity index is 1280. The lowest BCUT2D eigenvalue weighted by molar-refractivity contribution is -0.113. The molecule has 1 aromatic carbocycles. The highest BCUT2D eigenvalue weighted by atomic mass is 32.2. The van der Waals surface area contributed by atoms with Gasteiger partial charge in [-0.05, 0) is 57.2 Å². The van der Waals surface area contributed by atoms with Gasteiger partial charge in [0.1, 0.15) is 16.4 Å². The molecular weight excluding hydrogens is 430 g/mol. The highest BCUT2D eigenvalue weighted by Crippen LogP contribution is 2.38. The molecule has 1 N–H and O–H groups in total.